The van der Waals surface area contributed by atoms with Gasteiger partial charge in [-0.05, 0) is 37.6 Å². The Balaban J connectivity index is 1.31. The minimum atomic E-state index is 0.187. The van der Waals surface area contributed by atoms with Gasteiger partial charge in [-0.15, -0.1) is 0 Å². The molecule has 0 spiro atoms. The van der Waals surface area contributed by atoms with Gasteiger partial charge in [0.25, 0.3) is 0 Å². The number of para-hydroxylation sites is 4. The van der Waals surface area contributed by atoms with Crippen molar-refractivity contribution in [3.8, 4) is 45.3 Å². The summed E-state index contributed by atoms with van der Waals surface area (Å²) in [7, 11) is 3.27. The quantitative estimate of drug-likeness (QED) is 0.244. The Morgan fingerprint density at radius 3 is 2.03 bits per heavy atom. The minimum absolute atomic E-state index is 0.187. The third-order valence-corrected chi connectivity index (χ3v) is 7.40. The Bertz CT molecular complexity index is 1470. The van der Waals surface area contributed by atoms with Crippen LogP contribution in [0.25, 0.3) is 22.3 Å². The molecule has 4 aromatic carbocycles. The monoisotopic (exact) mass is 522 g/mol. The summed E-state index contributed by atoms with van der Waals surface area (Å²) in [5.41, 5.74) is 4.75. The van der Waals surface area contributed by atoms with Gasteiger partial charge in [-0.2, -0.15) is 0 Å². The predicted octanol–water partition coefficient (Wildman–Crippen LogP) is 6.53. The first-order valence-electron chi connectivity index (χ1n) is 13.2. The van der Waals surface area contributed by atoms with Crippen LogP contribution < -0.4 is 9.47 Å². The topological polar surface area (TPSA) is 74.5 Å². The Morgan fingerprint density at radius 1 is 0.769 bits per heavy atom. The number of likely N-dealkylation sites (tertiary alicyclic amines) is 1. The zero-order chi connectivity index (χ0) is 27.2. The number of aromatic hydroxyl groups is 2. The van der Waals surface area contributed by atoms with Crippen molar-refractivity contribution in [3.05, 3.63) is 96.1 Å². The molecule has 1 aliphatic rings. The molecule has 0 saturated carbocycles. The van der Waals surface area contributed by atoms with Gasteiger partial charge >= 0.3 is 0 Å². The van der Waals surface area contributed by atoms with E-state index in [4.69, 9.17) is 14.5 Å². The van der Waals surface area contributed by atoms with E-state index in [2.05, 4.69) is 4.90 Å². The molecule has 1 aliphatic heterocycles. The molecule has 5 rings (SSSR count). The van der Waals surface area contributed by atoms with Crippen LogP contribution in [-0.4, -0.2) is 54.7 Å². The fourth-order valence-electron chi connectivity index (χ4n) is 5.36. The maximum Gasteiger partial charge on any atom is 0.132 e. The zero-order valence-corrected chi connectivity index (χ0v) is 22.4. The van der Waals surface area contributed by atoms with Crippen LogP contribution in [0.1, 0.15) is 24.0 Å². The van der Waals surface area contributed by atoms with E-state index in [0.29, 0.717) is 30.0 Å². The molecule has 1 fully saturated rings. The molecular weight excluding hydrogens is 488 g/mol. The average molecular weight is 523 g/mol. The van der Waals surface area contributed by atoms with E-state index in [0.717, 1.165) is 47.4 Å². The highest BCUT2D eigenvalue weighted by molar-refractivity contribution is 5.89. The summed E-state index contributed by atoms with van der Waals surface area (Å²) in [6.07, 6.45) is 3.88. The van der Waals surface area contributed by atoms with Crippen molar-refractivity contribution in [2.24, 2.45) is 4.99 Å². The highest BCUT2D eigenvalue weighted by Gasteiger charge is 2.25. The number of hydrogen-bond acceptors (Lipinski definition) is 6. The molecule has 0 aliphatic carbocycles. The normalized spacial score (nSPS) is 15.6. The van der Waals surface area contributed by atoms with Crippen molar-refractivity contribution in [3.63, 3.8) is 0 Å². The van der Waals surface area contributed by atoms with E-state index in [-0.39, 0.29) is 17.5 Å². The molecular formula is C33H34N2O4. The molecule has 4 aromatic rings. The number of phenols is 2. The lowest BCUT2D eigenvalue weighted by Gasteiger charge is -2.24. The number of aliphatic imine (C=N–C) groups is 1. The van der Waals surface area contributed by atoms with Crippen LogP contribution in [-0.2, 0) is 6.54 Å². The van der Waals surface area contributed by atoms with Crippen molar-refractivity contribution in [1.82, 2.24) is 4.90 Å². The third-order valence-electron chi connectivity index (χ3n) is 7.40. The average Bonchev–Trinajstić information content (AvgIpc) is 3.41. The van der Waals surface area contributed by atoms with Crippen LogP contribution in [0.15, 0.2) is 89.9 Å². The number of nitrogens with zero attached hydrogens (tertiary/aromatic N) is 2. The van der Waals surface area contributed by atoms with Crippen molar-refractivity contribution < 1.29 is 19.7 Å². The molecule has 1 atom stereocenters. The molecule has 6 heteroatoms. The van der Waals surface area contributed by atoms with E-state index in [1.54, 1.807) is 20.4 Å². The molecule has 0 radical (unpaired) electrons. The van der Waals surface area contributed by atoms with Crippen molar-refractivity contribution >= 4 is 6.21 Å². The van der Waals surface area contributed by atoms with Crippen LogP contribution in [0.3, 0.4) is 0 Å². The molecule has 1 saturated heterocycles. The van der Waals surface area contributed by atoms with Crippen LogP contribution in [0.5, 0.6) is 23.0 Å². The predicted molar refractivity (Wildman–Crippen MR) is 156 cm³/mol. The summed E-state index contributed by atoms with van der Waals surface area (Å²) in [5.74, 6) is 1.92. The van der Waals surface area contributed by atoms with Crippen molar-refractivity contribution in [2.75, 3.05) is 27.3 Å². The second-order valence-corrected chi connectivity index (χ2v) is 9.72. The standard InChI is InChI=1S/C33H34N2O4/c1-38-30-17-5-3-13-26(30)28-15-7-10-23(32(28)36)20-34-21-25-12-9-19-35(25)22-24-11-8-16-29(33(24)37)27-14-4-6-18-31(27)39-2/h3-8,10-11,13-18,20,25,36-37H,9,12,19,21-22H2,1-2H3/t25-/m0/s1. The summed E-state index contributed by atoms with van der Waals surface area (Å²) in [4.78, 5) is 7.11. The minimum Gasteiger partial charge on any atom is -0.507 e. The molecule has 6 nitrogen and oxygen atoms in total. The van der Waals surface area contributed by atoms with Gasteiger partial charge in [0.15, 0.2) is 0 Å². The molecule has 39 heavy (non-hydrogen) atoms. The van der Waals surface area contributed by atoms with Gasteiger partial charge in [0, 0.05) is 52.2 Å². The summed E-state index contributed by atoms with van der Waals surface area (Å²) in [6.45, 7) is 2.21. The highest BCUT2D eigenvalue weighted by atomic mass is 16.5. The maximum absolute atomic E-state index is 11.2. The smallest absolute Gasteiger partial charge is 0.132 e. The lowest BCUT2D eigenvalue weighted by atomic mass is 10.00. The van der Waals surface area contributed by atoms with Gasteiger partial charge in [0.05, 0.1) is 20.8 Å². The number of rotatable bonds is 9. The van der Waals surface area contributed by atoms with Crippen LogP contribution in [0.4, 0.5) is 0 Å². The largest absolute Gasteiger partial charge is 0.507 e. The molecule has 0 amide bonds. The number of methoxy groups -OCH3 is 2. The van der Waals surface area contributed by atoms with Gasteiger partial charge in [-0.1, -0.05) is 66.7 Å². The van der Waals surface area contributed by atoms with E-state index in [1.165, 1.54) is 0 Å². The summed E-state index contributed by atoms with van der Waals surface area (Å²) in [5, 5.41) is 22.2. The van der Waals surface area contributed by atoms with E-state index >= 15 is 0 Å². The van der Waals surface area contributed by atoms with Gasteiger partial charge in [-0.25, -0.2) is 0 Å². The number of hydrogen-bond donors (Lipinski definition) is 2. The molecule has 0 bridgehead atoms. The van der Waals surface area contributed by atoms with Crippen LogP contribution >= 0.6 is 0 Å². The SMILES string of the molecule is COc1ccccc1-c1cccc(C=NC[C@@H]2CCCN2Cc2cccc(-c3ccccc3OC)c2O)c1O. The number of ether oxygens (including phenoxy) is 2. The number of benzene rings is 4. The highest BCUT2D eigenvalue weighted by Crippen LogP contribution is 2.39. The first-order valence-corrected chi connectivity index (χ1v) is 13.2. The fourth-order valence-corrected chi connectivity index (χ4v) is 5.36. The maximum atomic E-state index is 11.2. The second kappa shape index (κ2) is 12.0. The lowest BCUT2D eigenvalue weighted by Crippen LogP contribution is -2.31. The Morgan fingerprint density at radius 2 is 1.36 bits per heavy atom. The zero-order valence-electron chi connectivity index (χ0n) is 22.4. The first-order chi connectivity index (χ1) is 19.1. The molecule has 2 N–H and O–H groups in total. The van der Waals surface area contributed by atoms with Gasteiger partial charge in [0.2, 0.25) is 0 Å². The van der Waals surface area contributed by atoms with Crippen molar-refractivity contribution in [1.29, 1.82) is 0 Å². The van der Waals surface area contributed by atoms with E-state index in [9.17, 15) is 10.2 Å². The molecule has 1 heterocycles. The summed E-state index contributed by atoms with van der Waals surface area (Å²) in [6, 6.07) is 27.2. The lowest BCUT2D eigenvalue weighted by molar-refractivity contribution is 0.247. The summed E-state index contributed by atoms with van der Waals surface area (Å²) >= 11 is 0. The summed E-state index contributed by atoms with van der Waals surface area (Å²) < 4.78 is 11.0. The first kappa shape index (κ1) is 26.3. The van der Waals surface area contributed by atoms with Gasteiger partial charge in [-0.3, -0.25) is 9.89 Å². The van der Waals surface area contributed by atoms with Crippen LogP contribution in [0, 0.1) is 0 Å². The number of phenolic OH excluding ortho intramolecular Hbond substituents is 2. The molecule has 200 valence electrons. The third kappa shape index (κ3) is 5.61. The van der Waals surface area contributed by atoms with Crippen LogP contribution in [0.2, 0.25) is 0 Å². The Kier molecular flexibility index (Phi) is 8.13. The van der Waals surface area contributed by atoms with Gasteiger partial charge in [0.1, 0.15) is 23.0 Å². The Hall–Kier alpha value is -4.29. The van der Waals surface area contributed by atoms with E-state index in [1.807, 2.05) is 84.9 Å². The fraction of sp³-hybridized carbons (Fsp3) is 0.242. The molecule has 0 aromatic heterocycles. The van der Waals surface area contributed by atoms with E-state index < -0.39 is 0 Å². The van der Waals surface area contributed by atoms with Crippen molar-refractivity contribution in [2.45, 2.75) is 25.4 Å². The Labute approximate surface area is 229 Å². The van der Waals surface area contributed by atoms with Gasteiger partial charge < -0.3 is 19.7 Å². The molecule has 0 unspecified atom stereocenters. The second-order valence-electron chi connectivity index (χ2n) is 9.72.